The highest BCUT2D eigenvalue weighted by Gasteiger charge is 2.16. The number of rotatable bonds is 7. The summed E-state index contributed by atoms with van der Waals surface area (Å²) in [6.45, 7) is 3.02. The van der Waals surface area contributed by atoms with Crippen molar-refractivity contribution in [2.75, 3.05) is 27.2 Å². The third kappa shape index (κ3) is 6.35. The number of hydrogen-bond donors (Lipinski definition) is 3. The first-order chi connectivity index (χ1) is 10.6. The van der Waals surface area contributed by atoms with Crippen LogP contribution >= 0.6 is 0 Å². The second-order valence-electron chi connectivity index (χ2n) is 5.28. The molecule has 1 aromatic carbocycles. The second kappa shape index (κ2) is 8.04. The monoisotopic (exact) mass is 342 g/mol. The maximum atomic E-state index is 12.1. The number of nitrogens with zero attached hydrogens (tertiary/aromatic N) is 1. The van der Waals surface area contributed by atoms with Gasteiger partial charge in [0.05, 0.1) is 18.0 Å². The second-order valence-corrected chi connectivity index (χ2v) is 7.04. The molecular formula is C14H22N4O4S. The molecule has 0 saturated carbocycles. The molecule has 1 rings (SSSR count). The van der Waals surface area contributed by atoms with Gasteiger partial charge in [-0.05, 0) is 37.1 Å². The van der Waals surface area contributed by atoms with E-state index in [9.17, 15) is 18.0 Å². The van der Waals surface area contributed by atoms with Crippen molar-refractivity contribution in [1.29, 1.82) is 0 Å². The number of nitrogens with one attached hydrogen (secondary N) is 3. The van der Waals surface area contributed by atoms with Crippen LogP contribution in [0.4, 0.5) is 0 Å². The summed E-state index contributed by atoms with van der Waals surface area (Å²) in [6.07, 6.45) is 0. The molecule has 0 unspecified atom stereocenters. The number of benzene rings is 1. The Bertz CT molecular complexity index is 686. The van der Waals surface area contributed by atoms with Gasteiger partial charge in [-0.1, -0.05) is 6.07 Å². The lowest BCUT2D eigenvalue weighted by molar-refractivity contribution is -0.127. The molecule has 0 aliphatic rings. The highest BCUT2D eigenvalue weighted by molar-refractivity contribution is 7.89. The Kier molecular flexibility index (Phi) is 6.67. The van der Waals surface area contributed by atoms with Crippen molar-refractivity contribution >= 4 is 21.8 Å². The first-order valence-corrected chi connectivity index (χ1v) is 8.40. The molecule has 3 N–H and O–H groups in total. The summed E-state index contributed by atoms with van der Waals surface area (Å²) in [5.41, 5.74) is 4.27. The Morgan fingerprint density at radius 1 is 1.04 bits per heavy atom. The van der Waals surface area contributed by atoms with E-state index in [4.69, 9.17) is 0 Å². The SMILES string of the molecule is Cc1ccc(S(=O)(=O)NCC(=O)NCC(=O)NN(C)C)cc1C. The van der Waals surface area contributed by atoms with Crippen LogP contribution in [0.25, 0.3) is 0 Å². The van der Waals surface area contributed by atoms with Crippen molar-refractivity contribution < 1.29 is 18.0 Å². The van der Waals surface area contributed by atoms with E-state index < -0.39 is 28.4 Å². The highest BCUT2D eigenvalue weighted by atomic mass is 32.2. The number of carbonyl (C=O) groups excluding carboxylic acids is 2. The predicted octanol–water partition coefficient (Wildman–Crippen LogP) is -0.709. The zero-order valence-corrected chi connectivity index (χ0v) is 14.5. The van der Waals surface area contributed by atoms with Crippen LogP contribution in [0.1, 0.15) is 11.1 Å². The Labute approximate surface area is 136 Å². The van der Waals surface area contributed by atoms with Gasteiger partial charge in [-0.15, -0.1) is 0 Å². The van der Waals surface area contributed by atoms with E-state index in [-0.39, 0.29) is 11.4 Å². The van der Waals surface area contributed by atoms with Crippen LogP contribution in [-0.2, 0) is 19.6 Å². The summed E-state index contributed by atoms with van der Waals surface area (Å²) in [4.78, 5) is 23.0. The van der Waals surface area contributed by atoms with E-state index in [2.05, 4.69) is 15.5 Å². The van der Waals surface area contributed by atoms with Gasteiger partial charge in [0.2, 0.25) is 15.9 Å². The fraction of sp³-hybridized carbons (Fsp3) is 0.429. The van der Waals surface area contributed by atoms with E-state index in [0.29, 0.717) is 0 Å². The summed E-state index contributed by atoms with van der Waals surface area (Å²) < 4.78 is 26.4. The smallest absolute Gasteiger partial charge is 0.253 e. The van der Waals surface area contributed by atoms with Crippen LogP contribution in [0.2, 0.25) is 0 Å². The van der Waals surface area contributed by atoms with Crippen LogP contribution < -0.4 is 15.5 Å². The van der Waals surface area contributed by atoms with Crippen LogP contribution in [0.3, 0.4) is 0 Å². The molecule has 0 atom stereocenters. The third-order valence-electron chi connectivity index (χ3n) is 3.01. The minimum absolute atomic E-state index is 0.0961. The van der Waals surface area contributed by atoms with E-state index >= 15 is 0 Å². The molecule has 0 heterocycles. The van der Waals surface area contributed by atoms with E-state index in [1.807, 2.05) is 13.8 Å². The van der Waals surface area contributed by atoms with Gasteiger partial charge in [0.25, 0.3) is 5.91 Å². The minimum atomic E-state index is -3.77. The molecular weight excluding hydrogens is 320 g/mol. The minimum Gasteiger partial charge on any atom is -0.346 e. The van der Waals surface area contributed by atoms with E-state index in [1.54, 1.807) is 26.2 Å². The molecule has 0 aromatic heterocycles. The Morgan fingerprint density at radius 2 is 1.70 bits per heavy atom. The standard InChI is InChI=1S/C14H22N4O4S/c1-10-5-6-12(7-11(10)2)23(21,22)16-9-13(19)15-8-14(20)17-18(3)4/h5-7,16H,8-9H2,1-4H3,(H,15,19)(H,17,20). The Morgan fingerprint density at radius 3 is 2.26 bits per heavy atom. The van der Waals surface area contributed by atoms with Gasteiger partial charge in [0.1, 0.15) is 0 Å². The van der Waals surface area contributed by atoms with Gasteiger partial charge in [0, 0.05) is 14.1 Å². The molecule has 8 nitrogen and oxygen atoms in total. The van der Waals surface area contributed by atoms with Crippen molar-refractivity contribution in [3.63, 3.8) is 0 Å². The third-order valence-corrected chi connectivity index (χ3v) is 4.40. The van der Waals surface area contributed by atoms with Crippen molar-refractivity contribution in [1.82, 2.24) is 20.5 Å². The number of amides is 2. The summed E-state index contributed by atoms with van der Waals surface area (Å²) in [5, 5.41) is 3.77. The normalized spacial score (nSPS) is 11.3. The average molecular weight is 342 g/mol. The highest BCUT2D eigenvalue weighted by Crippen LogP contribution is 2.14. The summed E-state index contributed by atoms with van der Waals surface area (Å²) >= 11 is 0. The lowest BCUT2D eigenvalue weighted by atomic mass is 10.1. The van der Waals surface area contributed by atoms with Crippen molar-refractivity contribution in [2.45, 2.75) is 18.7 Å². The number of hydrazine groups is 1. The molecule has 0 aliphatic heterocycles. The van der Waals surface area contributed by atoms with Gasteiger partial charge >= 0.3 is 0 Å². The number of sulfonamides is 1. The molecule has 0 spiro atoms. The molecule has 128 valence electrons. The molecule has 1 aromatic rings. The predicted molar refractivity (Wildman–Crippen MR) is 85.9 cm³/mol. The van der Waals surface area contributed by atoms with Crippen LogP contribution in [0, 0.1) is 13.8 Å². The van der Waals surface area contributed by atoms with Gasteiger partial charge in [-0.3, -0.25) is 15.0 Å². The van der Waals surface area contributed by atoms with Gasteiger partial charge < -0.3 is 5.32 Å². The molecule has 2 amide bonds. The molecule has 23 heavy (non-hydrogen) atoms. The lowest BCUT2D eigenvalue weighted by Gasteiger charge is -2.12. The van der Waals surface area contributed by atoms with Gasteiger partial charge in [-0.2, -0.15) is 0 Å². The topological polar surface area (TPSA) is 108 Å². The number of hydrogen-bond acceptors (Lipinski definition) is 5. The molecule has 0 bridgehead atoms. The fourth-order valence-electron chi connectivity index (χ4n) is 1.66. The zero-order chi connectivity index (χ0) is 17.6. The quantitative estimate of drug-likeness (QED) is 0.568. The number of carbonyl (C=O) groups is 2. The summed E-state index contributed by atoms with van der Waals surface area (Å²) in [7, 11) is -0.499. The van der Waals surface area contributed by atoms with Crippen LogP contribution in [-0.4, -0.2) is 52.4 Å². The molecule has 0 aliphatic carbocycles. The molecule has 0 saturated heterocycles. The first kappa shape index (κ1) is 19.1. The van der Waals surface area contributed by atoms with Crippen LogP contribution in [0.15, 0.2) is 23.1 Å². The maximum absolute atomic E-state index is 12.1. The van der Waals surface area contributed by atoms with Crippen molar-refractivity contribution in [2.24, 2.45) is 0 Å². The van der Waals surface area contributed by atoms with E-state index in [1.165, 1.54) is 11.1 Å². The average Bonchev–Trinajstić information content (AvgIpc) is 2.45. The first-order valence-electron chi connectivity index (χ1n) is 6.92. The van der Waals surface area contributed by atoms with Gasteiger partial charge in [-0.25, -0.2) is 18.1 Å². The molecule has 0 radical (unpaired) electrons. The molecule has 9 heteroatoms. The van der Waals surface area contributed by atoms with Crippen molar-refractivity contribution in [3.8, 4) is 0 Å². The van der Waals surface area contributed by atoms with Gasteiger partial charge in [0.15, 0.2) is 0 Å². The Balaban J connectivity index is 2.54. The molecule has 0 fully saturated rings. The fourth-order valence-corrected chi connectivity index (χ4v) is 2.72. The summed E-state index contributed by atoms with van der Waals surface area (Å²) in [5.74, 6) is -0.994. The maximum Gasteiger partial charge on any atom is 0.253 e. The number of aryl methyl sites for hydroxylation is 2. The Hall–Kier alpha value is -1.97. The lowest BCUT2D eigenvalue weighted by Crippen LogP contribution is -2.45. The zero-order valence-electron chi connectivity index (χ0n) is 13.6. The summed E-state index contributed by atoms with van der Waals surface area (Å²) in [6, 6.07) is 4.72. The van der Waals surface area contributed by atoms with E-state index in [0.717, 1.165) is 11.1 Å². The van der Waals surface area contributed by atoms with Crippen LogP contribution in [0.5, 0.6) is 0 Å². The van der Waals surface area contributed by atoms with Crippen molar-refractivity contribution in [3.05, 3.63) is 29.3 Å². The largest absolute Gasteiger partial charge is 0.346 e.